The molecule has 3 rings (SSSR count). The van der Waals surface area contributed by atoms with Crippen molar-refractivity contribution in [2.24, 2.45) is 0 Å². The molecule has 132 valence electrons. The lowest BCUT2D eigenvalue weighted by Gasteiger charge is -2.12. The molecule has 8 heteroatoms. The highest BCUT2D eigenvalue weighted by Crippen LogP contribution is 2.33. The molecule has 3 aromatic rings. The third-order valence-corrected chi connectivity index (χ3v) is 4.68. The SMILES string of the molecule is Nc1c(NNC(=O)Cc2ccccc2)ncnc1Sc1ccc(Cl)cc1. The Morgan fingerprint density at radius 3 is 2.54 bits per heavy atom. The van der Waals surface area contributed by atoms with Gasteiger partial charge >= 0.3 is 0 Å². The lowest BCUT2D eigenvalue weighted by molar-refractivity contribution is -0.119. The quantitative estimate of drug-likeness (QED) is 0.444. The molecule has 1 heterocycles. The topological polar surface area (TPSA) is 92.9 Å². The first-order chi connectivity index (χ1) is 12.6. The number of aromatic nitrogens is 2. The Labute approximate surface area is 160 Å². The summed E-state index contributed by atoms with van der Waals surface area (Å²) in [5, 5.41) is 1.25. The van der Waals surface area contributed by atoms with Crippen molar-refractivity contribution in [1.29, 1.82) is 0 Å². The summed E-state index contributed by atoms with van der Waals surface area (Å²) >= 11 is 7.28. The molecule has 26 heavy (non-hydrogen) atoms. The molecule has 0 aliphatic rings. The second-order valence-corrected chi connectivity index (χ2v) is 6.83. The largest absolute Gasteiger partial charge is 0.393 e. The Bertz CT molecular complexity index is 890. The maximum Gasteiger partial charge on any atom is 0.242 e. The minimum absolute atomic E-state index is 0.193. The summed E-state index contributed by atoms with van der Waals surface area (Å²) in [4.78, 5) is 21.2. The zero-order valence-corrected chi connectivity index (χ0v) is 15.2. The van der Waals surface area contributed by atoms with Crippen molar-refractivity contribution >= 4 is 40.8 Å². The molecular formula is C18H16ClN5OS. The number of nitrogens with one attached hydrogen (secondary N) is 2. The summed E-state index contributed by atoms with van der Waals surface area (Å²) in [6.45, 7) is 0. The van der Waals surface area contributed by atoms with Gasteiger partial charge in [0, 0.05) is 9.92 Å². The van der Waals surface area contributed by atoms with E-state index in [1.165, 1.54) is 18.1 Å². The number of carbonyl (C=O) groups excluding carboxylic acids is 1. The van der Waals surface area contributed by atoms with Crippen LogP contribution in [0.15, 0.2) is 70.8 Å². The van der Waals surface area contributed by atoms with E-state index in [2.05, 4.69) is 20.8 Å². The van der Waals surface area contributed by atoms with Crippen molar-refractivity contribution in [3.8, 4) is 0 Å². The van der Waals surface area contributed by atoms with E-state index >= 15 is 0 Å². The summed E-state index contributed by atoms with van der Waals surface area (Å²) in [6, 6.07) is 16.8. The van der Waals surface area contributed by atoms with Crippen LogP contribution in [0.1, 0.15) is 5.56 Å². The number of nitrogens with zero attached hydrogens (tertiary/aromatic N) is 2. The van der Waals surface area contributed by atoms with Crippen molar-refractivity contribution in [3.63, 3.8) is 0 Å². The molecule has 6 nitrogen and oxygen atoms in total. The van der Waals surface area contributed by atoms with Gasteiger partial charge in [-0.2, -0.15) is 0 Å². The lowest BCUT2D eigenvalue weighted by atomic mass is 10.1. The van der Waals surface area contributed by atoms with Crippen molar-refractivity contribution in [3.05, 3.63) is 71.5 Å². The average molecular weight is 386 g/mol. The van der Waals surface area contributed by atoms with Crippen LogP contribution >= 0.6 is 23.4 Å². The van der Waals surface area contributed by atoms with Crippen LogP contribution in [0.2, 0.25) is 5.02 Å². The standard InChI is InChI=1S/C18H16ClN5OS/c19-13-6-8-14(9-7-13)26-18-16(20)17(21-11-22-18)24-23-15(25)10-12-4-2-1-3-5-12/h1-9,11H,10,20H2,(H,23,25)(H,21,22,24). The van der Waals surface area contributed by atoms with Crippen LogP contribution < -0.4 is 16.6 Å². The van der Waals surface area contributed by atoms with E-state index in [1.807, 2.05) is 42.5 Å². The first kappa shape index (κ1) is 18.0. The van der Waals surface area contributed by atoms with Crippen LogP contribution in [0, 0.1) is 0 Å². The predicted molar refractivity (Wildman–Crippen MR) is 104 cm³/mol. The molecule has 2 aromatic carbocycles. The van der Waals surface area contributed by atoms with E-state index in [9.17, 15) is 4.79 Å². The van der Waals surface area contributed by atoms with Crippen LogP contribution in [0.4, 0.5) is 11.5 Å². The van der Waals surface area contributed by atoms with E-state index in [1.54, 1.807) is 12.1 Å². The Morgan fingerprint density at radius 1 is 1.08 bits per heavy atom. The van der Waals surface area contributed by atoms with Crippen LogP contribution in [-0.4, -0.2) is 15.9 Å². The Balaban J connectivity index is 1.63. The molecule has 4 N–H and O–H groups in total. The first-order valence-electron chi connectivity index (χ1n) is 7.74. The molecule has 0 aliphatic heterocycles. The zero-order chi connectivity index (χ0) is 18.4. The number of benzene rings is 2. The fourth-order valence-electron chi connectivity index (χ4n) is 2.13. The van der Waals surface area contributed by atoms with Crippen molar-refractivity contribution < 1.29 is 4.79 Å². The van der Waals surface area contributed by atoms with E-state index < -0.39 is 0 Å². The number of hydrogen-bond acceptors (Lipinski definition) is 6. The van der Waals surface area contributed by atoms with Gasteiger partial charge in [0.2, 0.25) is 5.91 Å². The normalized spacial score (nSPS) is 10.3. The van der Waals surface area contributed by atoms with Gasteiger partial charge in [-0.3, -0.25) is 15.6 Å². The number of nitrogens with two attached hydrogens (primary N) is 1. The minimum Gasteiger partial charge on any atom is -0.393 e. The summed E-state index contributed by atoms with van der Waals surface area (Å²) < 4.78 is 0. The van der Waals surface area contributed by atoms with Crippen LogP contribution in [0.3, 0.4) is 0 Å². The second-order valence-electron chi connectivity index (χ2n) is 5.33. The maximum absolute atomic E-state index is 12.0. The molecule has 0 unspecified atom stereocenters. The Morgan fingerprint density at radius 2 is 1.81 bits per heavy atom. The van der Waals surface area contributed by atoms with Gasteiger partial charge in [0.05, 0.1) is 6.42 Å². The summed E-state index contributed by atoms with van der Waals surface area (Å²) in [5.74, 6) is 0.152. The molecular weight excluding hydrogens is 370 g/mol. The average Bonchev–Trinajstić information content (AvgIpc) is 2.65. The van der Waals surface area contributed by atoms with Crippen LogP contribution in [-0.2, 0) is 11.2 Å². The van der Waals surface area contributed by atoms with Crippen molar-refractivity contribution in [1.82, 2.24) is 15.4 Å². The van der Waals surface area contributed by atoms with Gasteiger partial charge in [-0.15, -0.1) is 0 Å². The number of anilines is 2. The third kappa shape index (κ3) is 4.87. The molecule has 0 atom stereocenters. The number of rotatable bonds is 6. The fourth-order valence-corrected chi connectivity index (χ4v) is 3.06. The van der Waals surface area contributed by atoms with Gasteiger partial charge in [-0.1, -0.05) is 53.7 Å². The van der Waals surface area contributed by atoms with E-state index in [0.717, 1.165) is 10.5 Å². The van der Waals surface area contributed by atoms with Gasteiger partial charge in [0.25, 0.3) is 0 Å². The molecule has 0 saturated heterocycles. The van der Waals surface area contributed by atoms with Gasteiger partial charge in [0.1, 0.15) is 17.0 Å². The van der Waals surface area contributed by atoms with Crippen molar-refractivity contribution in [2.75, 3.05) is 11.2 Å². The monoisotopic (exact) mass is 385 g/mol. The molecule has 0 aliphatic carbocycles. The number of nitrogen functional groups attached to an aromatic ring is 1. The molecule has 1 amide bonds. The summed E-state index contributed by atoms with van der Waals surface area (Å²) in [6.07, 6.45) is 1.64. The zero-order valence-electron chi connectivity index (χ0n) is 13.6. The highest BCUT2D eigenvalue weighted by Gasteiger charge is 2.11. The van der Waals surface area contributed by atoms with Crippen molar-refractivity contribution in [2.45, 2.75) is 16.3 Å². The van der Waals surface area contributed by atoms with Gasteiger partial charge in [0.15, 0.2) is 5.82 Å². The maximum atomic E-state index is 12.0. The van der Waals surface area contributed by atoms with Crippen LogP contribution in [0.25, 0.3) is 0 Å². The minimum atomic E-state index is -0.193. The molecule has 0 fully saturated rings. The molecule has 0 spiro atoms. The van der Waals surface area contributed by atoms with Gasteiger partial charge in [-0.25, -0.2) is 9.97 Å². The van der Waals surface area contributed by atoms with E-state index in [0.29, 0.717) is 21.6 Å². The number of hydrogen-bond donors (Lipinski definition) is 3. The molecule has 0 radical (unpaired) electrons. The number of hydrazine groups is 1. The van der Waals surface area contributed by atoms with E-state index in [-0.39, 0.29) is 12.3 Å². The third-order valence-electron chi connectivity index (χ3n) is 3.40. The predicted octanol–water partition coefficient (Wildman–Crippen LogP) is 3.55. The van der Waals surface area contributed by atoms with Gasteiger partial charge in [-0.05, 0) is 29.8 Å². The Hall–Kier alpha value is -2.77. The molecule has 0 bridgehead atoms. The van der Waals surface area contributed by atoms with Crippen LogP contribution in [0.5, 0.6) is 0 Å². The molecule has 1 aromatic heterocycles. The van der Waals surface area contributed by atoms with Gasteiger partial charge < -0.3 is 5.73 Å². The number of carbonyl (C=O) groups is 1. The highest BCUT2D eigenvalue weighted by atomic mass is 35.5. The summed E-state index contributed by atoms with van der Waals surface area (Å²) in [7, 11) is 0. The number of amides is 1. The number of halogens is 1. The Kier molecular flexibility index (Phi) is 5.93. The smallest absolute Gasteiger partial charge is 0.242 e. The first-order valence-corrected chi connectivity index (χ1v) is 8.94. The van der Waals surface area contributed by atoms with E-state index in [4.69, 9.17) is 17.3 Å². The lowest BCUT2D eigenvalue weighted by Crippen LogP contribution is -2.31. The molecule has 0 saturated carbocycles. The fraction of sp³-hybridized carbons (Fsp3) is 0.0556. The second kappa shape index (κ2) is 8.55. The summed E-state index contributed by atoms with van der Waals surface area (Å²) in [5.41, 5.74) is 12.7. The highest BCUT2D eigenvalue weighted by molar-refractivity contribution is 7.99.